The Labute approximate surface area is 89.1 Å². The lowest BCUT2D eigenvalue weighted by Crippen LogP contribution is -2.47. The topological polar surface area (TPSA) is 32.3 Å². The summed E-state index contributed by atoms with van der Waals surface area (Å²) in [5, 5.41) is 12.9. The molecule has 1 aromatic carbocycles. The molecule has 0 aromatic heterocycles. The largest absolute Gasteiger partial charge is 0.508 e. The van der Waals surface area contributed by atoms with Gasteiger partial charge < -0.3 is 10.4 Å². The fourth-order valence-electron chi connectivity index (χ4n) is 1.89. The molecule has 0 amide bonds. The van der Waals surface area contributed by atoms with Crippen LogP contribution in [0.1, 0.15) is 31.7 Å². The minimum atomic E-state index is -0.302. The highest BCUT2D eigenvalue weighted by atomic mass is 19.1. The van der Waals surface area contributed by atoms with Gasteiger partial charge in [-0.2, -0.15) is 0 Å². The molecule has 2 rings (SSSR count). The minimum absolute atomic E-state index is 0.159. The SMILES string of the molecule is CC1(NCc2cc(F)ccc2O)CCC1. The van der Waals surface area contributed by atoms with E-state index in [1.807, 2.05) is 0 Å². The number of phenols is 1. The summed E-state index contributed by atoms with van der Waals surface area (Å²) in [5.74, 6) is -0.143. The average Bonchev–Trinajstić information content (AvgIpc) is 2.17. The Morgan fingerprint density at radius 3 is 2.80 bits per heavy atom. The highest BCUT2D eigenvalue weighted by Gasteiger charge is 2.30. The first kappa shape index (κ1) is 10.4. The van der Waals surface area contributed by atoms with Gasteiger partial charge in [-0.05, 0) is 44.4 Å². The van der Waals surface area contributed by atoms with Crippen LogP contribution in [-0.4, -0.2) is 10.6 Å². The van der Waals surface area contributed by atoms with Gasteiger partial charge in [-0.1, -0.05) is 0 Å². The fraction of sp³-hybridized carbons (Fsp3) is 0.500. The van der Waals surface area contributed by atoms with Gasteiger partial charge >= 0.3 is 0 Å². The monoisotopic (exact) mass is 209 g/mol. The zero-order valence-corrected chi connectivity index (χ0v) is 8.89. The lowest BCUT2D eigenvalue weighted by Gasteiger charge is -2.39. The highest BCUT2D eigenvalue weighted by molar-refractivity contribution is 5.32. The molecular formula is C12H16FNO. The standard InChI is InChI=1S/C12H16FNO/c1-12(5-2-6-12)14-8-9-7-10(13)3-4-11(9)15/h3-4,7,14-15H,2,5-6,8H2,1H3. The second-order valence-electron chi connectivity index (χ2n) is 4.54. The number of hydrogen-bond acceptors (Lipinski definition) is 2. The maximum Gasteiger partial charge on any atom is 0.123 e. The summed E-state index contributed by atoms with van der Waals surface area (Å²) >= 11 is 0. The first-order valence-corrected chi connectivity index (χ1v) is 5.31. The molecule has 0 aliphatic heterocycles. The van der Waals surface area contributed by atoms with E-state index in [1.165, 1.54) is 24.6 Å². The molecule has 0 radical (unpaired) electrons. The van der Waals surface area contributed by atoms with Crippen LogP contribution >= 0.6 is 0 Å². The second kappa shape index (κ2) is 3.81. The van der Waals surface area contributed by atoms with Gasteiger partial charge in [0.1, 0.15) is 11.6 Å². The van der Waals surface area contributed by atoms with Gasteiger partial charge in [-0.15, -0.1) is 0 Å². The summed E-state index contributed by atoms with van der Waals surface area (Å²) in [6.45, 7) is 2.69. The Morgan fingerprint density at radius 1 is 1.47 bits per heavy atom. The summed E-state index contributed by atoms with van der Waals surface area (Å²) in [4.78, 5) is 0. The van der Waals surface area contributed by atoms with Crippen molar-refractivity contribution in [1.29, 1.82) is 0 Å². The quantitative estimate of drug-likeness (QED) is 0.801. The van der Waals surface area contributed by atoms with Crippen molar-refractivity contribution in [3.63, 3.8) is 0 Å². The van der Waals surface area contributed by atoms with Crippen molar-refractivity contribution in [1.82, 2.24) is 5.32 Å². The third-order valence-electron chi connectivity index (χ3n) is 3.20. The summed E-state index contributed by atoms with van der Waals surface area (Å²) in [6.07, 6.45) is 3.56. The normalized spacial score (nSPS) is 18.5. The molecule has 0 atom stereocenters. The predicted molar refractivity (Wildman–Crippen MR) is 57.2 cm³/mol. The summed E-state index contributed by atoms with van der Waals surface area (Å²) in [7, 11) is 0. The van der Waals surface area contributed by atoms with E-state index >= 15 is 0 Å². The fourth-order valence-corrected chi connectivity index (χ4v) is 1.89. The van der Waals surface area contributed by atoms with Crippen LogP contribution in [0.15, 0.2) is 18.2 Å². The van der Waals surface area contributed by atoms with Crippen molar-refractivity contribution < 1.29 is 9.50 Å². The number of hydrogen-bond donors (Lipinski definition) is 2. The molecule has 3 heteroatoms. The number of aromatic hydroxyl groups is 1. The molecule has 0 saturated heterocycles. The molecule has 1 saturated carbocycles. The number of nitrogens with one attached hydrogen (secondary N) is 1. The van der Waals surface area contributed by atoms with E-state index in [2.05, 4.69) is 12.2 Å². The molecule has 0 spiro atoms. The zero-order valence-electron chi connectivity index (χ0n) is 8.89. The van der Waals surface area contributed by atoms with Gasteiger partial charge in [0.2, 0.25) is 0 Å². The maximum atomic E-state index is 12.9. The van der Waals surface area contributed by atoms with E-state index < -0.39 is 0 Å². The Balaban J connectivity index is 2.01. The van der Waals surface area contributed by atoms with E-state index in [0.29, 0.717) is 12.1 Å². The van der Waals surface area contributed by atoms with Crippen LogP contribution in [0.25, 0.3) is 0 Å². The average molecular weight is 209 g/mol. The number of phenolic OH excluding ortho intramolecular Hbond substituents is 1. The van der Waals surface area contributed by atoms with Gasteiger partial charge in [0.25, 0.3) is 0 Å². The Morgan fingerprint density at radius 2 is 2.20 bits per heavy atom. The number of rotatable bonds is 3. The molecule has 1 fully saturated rings. The molecule has 0 bridgehead atoms. The molecule has 0 unspecified atom stereocenters. The van der Waals surface area contributed by atoms with E-state index in [0.717, 1.165) is 12.8 Å². The van der Waals surface area contributed by atoms with Crippen LogP contribution in [0, 0.1) is 5.82 Å². The Hall–Kier alpha value is -1.09. The molecule has 1 aliphatic carbocycles. The van der Waals surface area contributed by atoms with Gasteiger partial charge in [0.05, 0.1) is 0 Å². The smallest absolute Gasteiger partial charge is 0.123 e. The molecule has 0 heterocycles. The first-order valence-electron chi connectivity index (χ1n) is 5.31. The van der Waals surface area contributed by atoms with Crippen LogP contribution < -0.4 is 5.32 Å². The predicted octanol–water partition coefficient (Wildman–Crippen LogP) is 2.56. The van der Waals surface area contributed by atoms with Crippen molar-refractivity contribution in [2.24, 2.45) is 0 Å². The van der Waals surface area contributed by atoms with E-state index in [1.54, 1.807) is 0 Å². The summed E-state index contributed by atoms with van der Waals surface area (Å²) in [5.41, 5.74) is 0.807. The molecule has 2 N–H and O–H groups in total. The van der Waals surface area contributed by atoms with Crippen LogP contribution in [0.4, 0.5) is 4.39 Å². The molecule has 2 nitrogen and oxygen atoms in total. The Bertz CT molecular complexity index is 361. The van der Waals surface area contributed by atoms with Crippen molar-refractivity contribution >= 4 is 0 Å². The number of benzene rings is 1. The van der Waals surface area contributed by atoms with E-state index in [9.17, 15) is 9.50 Å². The van der Waals surface area contributed by atoms with Crippen LogP contribution in [0.5, 0.6) is 5.75 Å². The minimum Gasteiger partial charge on any atom is -0.508 e. The molecular weight excluding hydrogens is 193 g/mol. The van der Waals surface area contributed by atoms with Gasteiger partial charge in [0.15, 0.2) is 0 Å². The summed E-state index contributed by atoms with van der Waals surface area (Å²) < 4.78 is 12.9. The van der Waals surface area contributed by atoms with Crippen molar-refractivity contribution in [3.05, 3.63) is 29.6 Å². The molecule has 1 aromatic rings. The maximum absolute atomic E-state index is 12.9. The number of halogens is 1. The van der Waals surface area contributed by atoms with Crippen LogP contribution in [0.3, 0.4) is 0 Å². The van der Waals surface area contributed by atoms with Gasteiger partial charge in [0, 0.05) is 17.6 Å². The lowest BCUT2D eigenvalue weighted by atomic mass is 9.78. The molecule has 82 valence electrons. The van der Waals surface area contributed by atoms with Crippen LogP contribution in [0.2, 0.25) is 0 Å². The van der Waals surface area contributed by atoms with Crippen molar-refractivity contribution in [2.45, 2.75) is 38.3 Å². The molecule has 15 heavy (non-hydrogen) atoms. The lowest BCUT2D eigenvalue weighted by molar-refractivity contribution is 0.206. The van der Waals surface area contributed by atoms with Gasteiger partial charge in [-0.3, -0.25) is 0 Å². The third kappa shape index (κ3) is 2.29. The third-order valence-corrected chi connectivity index (χ3v) is 3.20. The summed E-state index contributed by atoms with van der Waals surface area (Å²) in [6, 6.07) is 4.05. The van der Waals surface area contributed by atoms with Crippen molar-refractivity contribution in [2.75, 3.05) is 0 Å². The highest BCUT2D eigenvalue weighted by Crippen LogP contribution is 2.31. The van der Waals surface area contributed by atoms with Crippen LogP contribution in [-0.2, 0) is 6.54 Å². The van der Waals surface area contributed by atoms with E-state index in [4.69, 9.17) is 0 Å². The van der Waals surface area contributed by atoms with E-state index in [-0.39, 0.29) is 17.1 Å². The molecule has 1 aliphatic rings. The van der Waals surface area contributed by atoms with Crippen molar-refractivity contribution in [3.8, 4) is 5.75 Å². The van der Waals surface area contributed by atoms with Gasteiger partial charge in [-0.25, -0.2) is 4.39 Å². The second-order valence-corrected chi connectivity index (χ2v) is 4.54. The zero-order chi connectivity index (χ0) is 10.9. The Kier molecular flexibility index (Phi) is 2.65. The first-order chi connectivity index (χ1) is 7.09.